The Kier molecular flexibility index (Phi) is 38.2. The number of fused-ring (bicyclic) bond motifs is 3. The van der Waals surface area contributed by atoms with Crippen LogP contribution in [0.1, 0.15) is 357 Å². The molecule has 0 aliphatic rings. The lowest BCUT2D eigenvalue weighted by Gasteiger charge is -2.11. The molecule has 0 aliphatic heterocycles. The molecule has 95 heavy (non-hydrogen) atoms. The molecule has 16 heteroatoms. The summed E-state index contributed by atoms with van der Waals surface area (Å²) in [5.41, 5.74) is 2.36. The number of hydrogen-bond donors (Lipinski definition) is 0. The number of aryl methyl sites for hydroxylation is 2. The zero-order chi connectivity index (χ0) is 67.4. The van der Waals surface area contributed by atoms with Gasteiger partial charge in [-0.15, -0.1) is 45.3 Å². The summed E-state index contributed by atoms with van der Waals surface area (Å²) in [6, 6.07) is 3.99. The number of thiazole rings is 2. The van der Waals surface area contributed by atoms with Gasteiger partial charge in [-0.25, -0.2) is 24.4 Å². The topological polar surface area (TPSA) is 105 Å². The molecular formula is C79H116Cl2N2O6S6. The molecule has 8 nitrogen and oxygen atoms in total. The van der Waals surface area contributed by atoms with Crippen molar-refractivity contribution in [1.29, 1.82) is 0 Å². The molecule has 528 valence electrons. The molecule has 0 radical (unpaired) electrons. The summed E-state index contributed by atoms with van der Waals surface area (Å²) < 4.78 is 19.9. The minimum Gasteiger partial charge on any atom is -0.462 e. The van der Waals surface area contributed by atoms with Gasteiger partial charge in [0.15, 0.2) is 9.66 Å². The van der Waals surface area contributed by atoms with Gasteiger partial charge in [-0.2, -0.15) is 0 Å². The van der Waals surface area contributed by atoms with E-state index in [1.807, 2.05) is 19.1 Å². The molecule has 0 N–H and O–H groups in total. The van der Waals surface area contributed by atoms with Crippen molar-refractivity contribution < 1.29 is 28.6 Å². The molecule has 0 bridgehead atoms. The third-order valence-corrected chi connectivity index (χ3v) is 26.9. The Morgan fingerprint density at radius 1 is 0.358 bits per heavy atom. The zero-order valence-electron chi connectivity index (χ0n) is 59.1. The van der Waals surface area contributed by atoms with Gasteiger partial charge in [0, 0.05) is 25.4 Å². The number of carbonyl (C=O) groups is 3. The first-order chi connectivity index (χ1) is 46.5. The highest BCUT2D eigenvalue weighted by Crippen LogP contribution is 2.53. The number of aromatic nitrogens is 2. The van der Waals surface area contributed by atoms with Crippen LogP contribution in [0.15, 0.2) is 12.1 Å². The highest BCUT2D eigenvalue weighted by Gasteiger charge is 2.33. The van der Waals surface area contributed by atoms with Crippen molar-refractivity contribution >= 4 is 139 Å². The molecule has 1 aromatic carbocycles. The van der Waals surface area contributed by atoms with Crippen LogP contribution in [-0.4, -0.2) is 47.7 Å². The molecule has 0 spiro atoms. The lowest BCUT2D eigenvalue weighted by Crippen LogP contribution is -2.11. The highest BCUT2D eigenvalue weighted by molar-refractivity contribution is 7.33. The van der Waals surface area contributed by atoms with Crippen LogP contribution in [-0.2, 0) is 20.6 Å². The number of halogens is 2. The lowest BCUT2D eigenvalue weighted by molar-refractivity contribution is 0.0490. The SMILES string of the molecule is CCCCCCCCCCCCCCOC(=O)c1c(-c2nc3sc(-c4sc(C)c(Cl)c4CCCCCCCCCCCCCC)nc3s2)sc(-c2cc3c(C(=O)OCCCCCCCCCCCC)c4sc(C)cc4c(C(=O)OCCCCCCCCCCCC)c3s2)c1Cl. The molecule has 6 aromatic heterocycles. The monoisotopic (exact) mass is 1450 g/mol. The number of rotatable bonds is 54. The maximum atomic E-state index is 14.7. The van der Waals surface area contributed by atoms with Gasteiger partial charge in [-0.3, -0.25) is 0 Å². The van der Waals surface area contributed by atoms with Crippen molar-refractivity contribution in [3.8, 4) is 29.5 Å². The van der Waals surface area contributed by atoms with Crippen LogP contribution in [0.25, 0.3) is 59.4 Å². The largest absolute Gasteiger partial charge is 0.462 e. The van der Waals surface area contributed by atoms with E-state index in [4.69, 9.17) is 47.4 Å². The molecular weight excluding hydrogens is 1340 g/mol. The molecule has 0 aliphatic carbocycles. The highest BCUT2D eigenvalue weighted by atomic mass is 35.5. The van der Waals surface area contributed by atoms with Crippen molar-refractivity contribution in [2.24, 2.45) is 0 Å². The van der Waals surface area contributed by atoms with E-state index >= 15 is 0 Å². The smallest absolute Gasteiger partial charge is 0.341 e. The maximum Gasteiger partial charge on any atom is 0.341 e. The van der Waals surface area contributed by atoms with Crippen LogP contribution in [0, 0.1) is 13.8 Å². The number of ether oxygens (including phenoxy) is 3. The fraction of sp³-hybridized carbons (Fsp3) is 0.684. The Morgan fingerprint density at radius 2 is 0.695 bits per heavy atom. The van der Waals surface area contributed by atoms with Crippen LogP contribution >= 0.6 is 91.2 Å². The summed E-state index contributed by atoms with van der Waals surface area (Å²) in [4.78, 5) is 61.5. The normalized spacial score (nSPS) is 11.8. The van der Waals surface area contributed by atoms with Crippen LogP contribution in [0.3, 0.4) is 0 Å². The third-order valence-electron chi connectivity index (χ3n) is 18.7. The van der Waals surface area contributed by atoms with E-state index in [-0.39, 0.29) is 17.2 Å². The maximum absolute atomic E-state index is 14.7. The average molecular weight is 1450 g/mol. The van der Waals surface area contributed by atoms with Gasteiger partial charge >= 0.3 is 17.9 Å². The first-order valence-corrected chi connectivity index (χ1v) is 43.6. The van der Waals surface area contributed by atoms with E-state index in [0.717, 1.165) is 110 Å². The fourth-order valence-corrected chi connectivity index (χ4v) is 20.8. The predicted molar refractivity (Wildman–Crippen MR) is 418 cm³/mol. The van der Waals surface area contributed by atoms with Crippen molar-refractivity contribution in [3.63, 3.8) is 0 Å². The molecule has 7 rings (SSSR count). The van der Waals surface area contributed by atoms with E-state index in [1.165, 1.54) is 269 Å². The van der Waals surface area contributed by atoms with Crippen LogP contribution < -0.4 is 0 Å². The number of esters is 3. The van der Waals surface area contributed by atoms with Crippen molar-refractivity contribution in [3.05, 3.63) is 54.2 Å². The lowest BCUT2D eigenvalue weighted by atomic mass is 10.0. The molecule has 0 unspecified atom stereocenters. The van der Waals surface area contributed by atoms with Gasteiger partial charge in [-0.05, 0) is 63.6 Å². The van der Waals surface area contributed by atoms with Gasteiger partial charge in [-0.1, -0.05) is 330 Å². The molecule has 0 saturated heterocycles. The number of unbranched alkanes of at least 4 members (excludes halogenated alkanes) is 40. The Labute approximate surface area is 606 Å². The van der Waals surface area contributed by atoms with Gasteiger partial charge in [0.25, 0.3) is 0 Å². The number of nitrogens with zero attached hydrogens (tertiary/aromatic N) is 2. The minimum absolute atomic E-state index is 0.266. The van der Waals surface area contributed by atoms with Gasteiger partial charge in [0.1, 0.15) is 10.0 Å². The van der Waals surface area contributed by atoms with Crippen LogP contribution in [0.4, 0.5) is 0 Å². The van der Waals surface area contributed by atoms with E-state index in [9.17, 15) is 14.4 Å². The Morgan fingerprint density at radius 3 is 1.09 bits per heavy atom. The minimum atomic E-state index is -0.487. The second kappa shape index (κ2) is 45.7. The molecule has 0 amide bonds. The molecule has 6 heterocycles. The van der Waals surface area contributed by atoms with Gasteiger partial charge < -0.3 is 14.2 Å². The number of hydrogen-bond acceptors (Lipinski definition) is 14. The average Bonchev–Trinajstić information content (AvgIpc) is 1.60. The molecule has 0 atom stereocenters. The Bertz CT molecular complexity index is 3220. The number of carbonyl (C=O) groups excluding carboxylic acids is 3. The Hall–Kier alpha value is -2.95. The van der Waals surface area contributed by atoms with E-state index in [2.05, 4.69) is 34.6 Å². The second-order valence-corrected chi connectivity index (χ2v) is 34.1. The van der Waals surface area contributed by atoms with Crippen LogP contribution in [0.5, 0.6) is 0 Å². The quantitative estimate of drug-likeness (QED) is 0.0211. The van der Waals surface area contributed by atoms with Crippen molar-refractivity contribution in [1.82, 2.24) is 9.97 Å². The molecule has 7 aromatic rings. The number of thiophene rings is 4. The first-order valence-electron chi connectivity index (χ1n) is 37.9. The van der Waals surface area contributed by atoms with Crippen molar-refractivity contribution in [2.75, 3.05) is 19.8 Å². The summed E-state index contributed by atoms with van der Waals surface area (Å²) in [6.45, 7) is 14.1. The van der Waals surface area contributed by atoms with Crippen molar-refractivity contribution in [2.45, 2.75) is 330 Å². The van der Waals surface area contributed by atoms with E-state index in [0.29, 0.717) is 59.3 Å². The summed E-state index contributed by atoms with van der Waals surface area (Å²) in [7, 11) is 0. The predicted octanol–water partition coefficient (Wildman–Crippen LogP) is 29.5. The standard InChI is InChI=1S/C79H116Cl2N2O6S6/c1-7-11-15-19-23-27-31-33-35-39-43-47-51-59-66(80)58(6)91-70(59)73-82-75-76(94-73)83-74(95-75)72-65(79(86)89-54-50-46-42-38-34-32-28-24-20-16-12-8-2)67(81)71(93-72)62-56-61-64(78(85)88-53-49-45-41-37-30-26-22-18-14-10-4)68-60(55-57(5)90-68)63(69(61)92-62)77(84)87-52-48-44-40-36-29-25-21-17-13-9-3/h55-56H,7-54H2,1-6H3. The summed E-state index contributed by atoms with van der Waals surface area (Å²) >= 11 is 23.8. The van der Waals surface area contributed by atoms with E-state index in [1.54, 1.807) is 22.7 Å². The summed E-state index contributed by atoms with van der Waals surface area (Å²) in [5.74, 6) is -1.30. The molecule has 0 fully saturated rings. The Balaban J connectivity index is 1.15. The van der Waals surface area contributed by atoms with Crippen LogP contribution in [0.2, 0.25) is 10.0 Å². The summed E-state index contributed by atoms with van der Waals surface area (Å²) in [6.07, 6.45) is 54.7. The van der Waals surface area contributed by atoms with E-state index < -0.39 is 17.9 Å². The molecule has 0 saturated carbocycles. The first kappa shape index (κ1) is 79.4. The van der Waals surface area contributed by atoms with Gasteiger partial charge in [0.05, 0.1) is 70.6 Å². The fourth-order valence-electron chi connectivity index (χ4n) is 13.1. The number of benzene rings is 1. The second-order valence-electron chi connectivity index (χ2n) is 26.9. The summed E-state index contributed by atoms with van der Waals surface area (Å²) in [5, 5.41) is 3.99. The van der Waals surface area contributed by atoms with Gasteiger partial charge in [0.2, 0.25) is 0 Å². The zero-order valence-corrected chi connectivity index (χ0v) is 65.6. The third kappa shape index (κ3) is 25.6.